The lowest BCUT2D eigenvalue weighted by Gasteiger charge is -2.28. The highest BCUT2D eigenvalue weighted by molar-refractivity contribution is 5.31. The molecule has 0 heterocycles. The van der Waals surface area contributed by atoms with Gasteiger partial charge in [0.1, 0.15) is 5.75 Å². The van der Waals surface area contributed by atoms with Crippen LogP contribution in [0.2, 0.25) is 0 Å². The van der Waals surface area contributed by atoms with E-state index < -0.39 is 5.60 Å². The van der Waals surface area contributed by atoms with Gasteiger partial charge in [0, 0.05) is 0 Å². The molecule has 98 valence electrons. The summed E-state index contributed by atoms with van der Waals surface area (Å²) >= 11 is 0. The van der Waals surface area contributed by atoms with Crippen LogP contribution >= 0.6 is 0 Å². The molecule has 0 radical (unpaired) electrons. The van der Waals surface area contributed by atoms with Crippen molar-refractivity contribution in [2.45, 2.75) is 31.3 Å². The lowest BCUT2D eigenvalue weighted by atomic mass is 9.85. The van der Waals surface area contributed by atoms with E-state index in [0.29, 0.717) is 12.8 Å². The fourth-order valence-corrected chi connectivity index (χ4v) is 2.00. The van der Waals surface area contributed by atoms with Crippen molar-refractivity contribution in [2.24, 2.45) is 0 Å². The number of hydrogen-bond acceptors (Lipinski definition) is 2. The van der Waals surface area contributed by atoms with Gasteiger partial charge in [-0.05, 0) is 43.4 Å². The van der Waals surface area contributed by atoms with Crippen LogP contribution in [-0.2, 0) is 5.60 Å². The summed E-state index contributed by atoms with van der Waals surface area (Å²) in [7, 11) is 1.64. The average Bonchev–Trinajstić information content (AvgIpc) is 2.43. The van der Waals surface area contributed by atoms with E-state index in [1.165, 1.54) is 0 Å². The fraction of sp³-hybridized carbons (Fsp3) is 0.375. The van der Waals surface area contributed by atoms with Crippen molar-refractivity contribution in [1.29, 1.82) is 0 Å². The molecule has 2 heteroatoms. The van der Waals surface area contributed by atoms with E-state index >= 15 is 0 Å². The SMILES string of the molecule is C=CCCC(O)(CCC=C)c1ccc(OC)cc1. The predicted molar refractivity (Wildman–Crippen MR) is 75.8 cm³/mol. The second kappa shape index (κ2) is 7.02. The fourth-order valence-electron chi connectivity index (χ4n) is 2.00. The smallest absolute Gasteiger partial charge is 0.118 e. The first kappa shape index (κ1) is 14.5. The standard InChI is InChI=1S/C16H22O2/c1-4-6-12-16(17,13-7-5-2)14-8-10-15(18-3)11-9-14/h4-5,8-11,17H,1-2,6-7,12-13H2,3H3. The maximum Gasteiger partial charge on any atom is 0.118 e. The Hall–Kier alpha value is -1.54. The highest BCUT2D eigenvalue weighted by Crippen LogP contribution is 2.32. The summed E-state index contributed by atoms with van der Waals surface area (Å²) in [5.41, 5.74) is 0.112. The second-order valence-electron chi connectivity index (χ2n) is 4.41. The van der Waals surface area contributed by atoms with Crippen molar-refractivity contribution >= 4 is 0 Å². The van der Waals surface area contributed by atoms with Crippen molar-refractivity contribution in [3.8, 4) is 5.75 Å². The molecule has 0 spiro atoms. The number of rotatable bonds is 8. The Balaban J connectivity index is 2.91. The van der Waals surface area contributed by atoms with E-state index in [2.05, 4.69) is 13.2 Å². The average molecular weight is 246 g/mol. The van der Waals surface area contributed by atoms with Gasteiger partial charge in [-0.3, -0.25) is 0 Å². The molecule has 1 rings (SSSR count). The number of methoxy groups -OCH3 is 1. The van der Waals surface area contributed by atoms with Crippen LogP contribution in [0.5, 0.6) is 5.75 Å². The molecule has 0 aliphatic heterocycles. The molecule has 0 unspecified atom stereocenters. The molecule has 0 bridgehead atoms. The lowest BCUT2D eigenvalue weighted by Crippen LogP contribution is -2.25. The largest absolute Gasteiger partial charge is 0.497 e. The molecular weight excluding hydrogens is 224 g/mol. The molecule has 0 aliphatic carbocycles. The van der Waals surface area contributed by atoms with Crippen molar-refractivity contribution in [2.75, 3.05) is 7.11 Å². The molecule has 0 fully saturated rings. The van der Waals surface area contributed by atoms with Gasteiger partial charge < -0.3 is 9.84 Å². The van der Waals surface area contributed by atoms with Crippen LogP contribution in [0.3, 0.4) is 0 Å². The summed E-state index contributed by atoms with van der Waals surface area (Å²) in [5.74, 6) is 0.800. The number of hydrogen-bond donors (Lipinski definition) is 1. The topological polar surface area (TPSA) is 29.5 Å². The highest BCUT2D eigenvalue weighted by Gasteiger charge is 2.27. The number of aliphatic hydroxyl groups is 1. The van der Waals surface area contributed by atoms with Gasteiger partial charge in [0.15, 0.2) is 0 Å². The molecule has 0 saturated carbocycles. The zero-order chi connectivity index (χ0) is 13.4. The minimum absolute atomic E-state index is 0.677. The third kappa shape index (κ3) is 3.74. The van der Waals surface area contributed by atoms with Gasteiger partial charge in [-0.2, -0.15) is 0 Å². The van der Waals surface area contributed by atoms with Gasteiger partial charge in [0.2, 0.25) is 0 Å². The van der Waals surface area contributed by atoms with Gasteiger partial charge in [0.25, 0.3) is 0 Å². The summed E-state index contributed by atoms with van der Waals surface area (Å²) in [6.45, 7) is 7.43. The van der Waals surface area contributed by atoms with Crippen LogP contribution < -0.4 is 4.74 Å². The van der Waals surface area contributed by atoms with Gasteiger partial charge >= 0.3 is 0 Å². The molecule has 0 aromatic heterocycles. The van der Waals surface area contributed by atoms with Gasteiger partial charge in [-0.1, -0.05) is 24.3 Å². The maximum absolute atomic E-state index is 10.8. The molecule has 18 heavy (non-hydrogen) atoms. The zero-order valence-corrected chi connectivity index (χ0v) is 11.1. The Kier molecular flexibility index (Phi) is 5.66. The predicted octanol–water partition coefficient (Wildman–Crippen LogP) is 3.82. The molecule has 0 aliphatic rings. The molecular formula is C16H22O2. The van der Waals surface area contributed by atoms with Gasteiger partial charge in [-0.15, -0.1) is 13.2 Å². The van der Waals surface area contributed by atoms with Gasteiger partial charge in [-0.25, -0.2) is 0 Å². The van der Waals surface area contributed by atoms with Crippen molar-refractivity contribution in [3.05, 3.63) is 55.1 Å². The summed E-state index contributed by atoms with van der Waals surface area (Å²) in [4.78, 5) is 0. The molecule has 0 saturated heterocycles. The van der Waals surface area contributed by atoms with E-state index in [-0.39, 0.29) is 0 Å². The first-order valence-electron chi connectivity index (χ1n) is 6.25. The lowest BCUT2D eigenvalue weighted by molar-refractivity contribution is 0.0203. The number of ether oxygens (including phenoxy) is 1. The van der Waals surface area contributed by atoms with Crippen LogP contribution in [0, 0.1) is 0 Å². The van der Waals surface area contributed by atoms with E-state index in [4.69, 9.17) is 4.74 Å². The van der Waals surface area contributed by atoms with E-state index in [1.54, 1.807) is 7.11 Å². The minimum Gasteiger partial charge on any atom is -0.497 e. The highest BCUT2D eigenvalue weighted by atomic mass is 16.5. The van der Waals surface area contributed by atoms with Crippen LogP contribution in [0.4, 0.5) is 0 Å². The first-order valence-corrected chi connectivity index (χ1v) is 6.25. The summed E-state index contributed by atoms with van der Waals surface area (Å²) in [6.07, 6.45) is 6.61. The summed E-state index contributed by atoms with van der Waals surface area (Å²) in [6, 6.07) is 7.60. The Morgan fingerprint density at radius 3 is 2.00 bits per heavy atom. The minimum atomic E-state index is -0.811. The Labute approximate surface area is 110 Å². The molecule has 2 nitrogen and oxygen atoms in total. The molecule has 1 aromatic carbocycles. The normalized spacial score (nSPS) is 11.0. The van der Waals surface area contributed by atoms with E-state index in [9.17, 15) is 5.11 Å². The van der Waals surface area contributed by atoms with Gasteiger partial charge in [0.05, 0.1) is 12.7 Å². The Bertz CT molecular complexity index is 367. The quantitative estimate of drug-likeness (QED) is 0.707. The maximum atomic E-state index is 10.8. The third-order valence-corrected chi connectivity index (χ3v) is 3.15. The summed E-state index contributed by atoms with van der Waals surface area (Å²) in [5, 5.41) is 10.8. The van der Waals surface area contributed by atoms with Crippen molar-refractivity contribution in [1.82, 2.24) is 0 Å². The first-order chi connectivity index (χ1) is 8.66. The van der Waals surface area contributed by atoms with Crippen LogP contribution in [0.1, 0.15) is 31.2 Å². The van der Waals surface area contributed by atoms with Crippen molar-refractivity contribution < 1.29 is 9.84 Å². The molecule has 0 amide bonds. The summed E-state index contributed by atoms with van der Waals surface area (Å²) < 4.78 is 5.13. The van der Waals surface area contributed by atoms with Crippen LogP contribution in [-0.4, -0.2) is 12.2 Å². The monoisotopic (exact) mass is 246 g/mol. The number of allylic oxidation sites excluding steroid dienone is 2. The van der Waals surface area contributed by atoms with E-state index in [1.807, 2.05) is 36.4 Å². The number of benzene rings is 1. The molecule has 1 aromatic rings. The zero-order valence-electron chi connectivity index (χ0n) is 11.1. The van der Waals surface area contributed by atoms with Crippen LogP contribution in [0.15, 0.2) is 49.6 Å². The molecule has 1 N–H and O–H groups in total. The second-order valence-corrected chi connectivity index (χ2v) is 4.41. The van der Waals surface area contributed by atoms with Crippen molar-refractivity contribution in [3.63, 3.8) is 0 Å². The molecule has 0 atom stereocenters. The van der Waals surface area contributed by atoms with Crippen LogP contribution in [0.25, 0.3) is 0 Å². The van der Waals surface area contributed by atoms with E-state index in [0.717, 1.165) is 24.2 Å². The Morgan fingerprint density at radius 1 is 1.11 bits per heavy atom. The third-order valence-electron chi connectivity index (χ3n) is 3.15. The Morgan fingerprint density at radius 2 is 1.61 bits per heavy atom.